The Morgan fingerprint density at radius 2 is 1.89 bits per heavy atom. The molecule has 0 unspecified atom stereocenters. The molecule has 1 aromatic carbocycles. The summed E-state index contributed by atoms with van der Waals surface area (Å²) in [5, 5.41) is 0. The Morgan fingerprint density at radius 1 is 1.33 bits per heavy atom. The molecule has 0 N–H and O–H groups in total. The molecular weight excluding hydrogens is 246 g/mol. The topological polar surface area (TPSA) is 29.5 Å². The van der Waals surface area contributed by atoms with Crippen molar-refractivity contribution in [1.29, 1.82) is 0 Å². The van der Waals surface area contributed by atoms with Crippen molar-refractivity contribution in [3.05, 3.63) is 35.9 Å². The van der Waals surface area contributed by atoms with Gasteiger partial charge in [0.05, 0.1) is 11.5 Å². The second-order valence-electron chi connectivity index (χ2n) is 5.08. The smallest absolute Gasteiger partial charge is 0.415 e. The Labute approximate surface area is 114 Å². The number of hydrogen-bond acceptors (Lipinski definition) is 3. The molecule has 0 aromatic heterocycles. The van der Waals surface area contributed by atoms with Crippen molar-refractivity contribution in [3.8, 4) is 0 Å². The number of rotatable bonds is 3. The van der Waals surface area contributed by atoms with Gasteiger partial charge in [-0.25, -0.2) is 4.79 Å². The maximum atomic E-state index is 12.0. The van der Waals surface area contributed by atoms with Gasteiger partial charge in [0, 0.05) is 0 Å². The zero-order chi connectivity index (χ0) is 13.8. The lowest BCUT2D eigenvalue weighted by molar-refractivity contribution is 0.0333. The molecule has 0 aliphatic rings. The highest BCUT2D eigenvalue weighted by molar-refractivity contribution is 7.78. The van der Waals surface area contributed by atoms with Crippen LogP contribution in [-0.2, 0) is 4.74 Å². The number of hydrogen-bond donors (Lipinski definition) is 0. The van der Waals surface area contributed by atoms with E-state index in [4.69, 9.17) is 17.0 Å². The first-order chi connectivity index (χ1) is 8.35. The fourth-order valence-corrected chi connectivity index (χ4v) is 1.77. The minimum absolute atomic E-state index is 0.140. The van der Waals surface area contributed by atoms with Gasteiger partial charge in [-0.1, -0.05) is 42.5 Å². The lowest BCUT2D eigenvalue weighted by Crippen LogP contribution is -2.37. The Kier molecular flexibility index (Phi) is 4.84. The molecule has 98 valence electrons. The van der Waals surface area contributed by atoms with Crippen LogP contribution in [0.4, 0.5) is 4.79 Å². The predicted octanol–water partition coefficient (Wildman–Crippen LogP) is 3.94. The van der Waals surface area contributed by atoms with E-state index < -0.39 is 11.7 Å². The molecule has 4 heteroatoms. The molecular formula is C14H19NO2S. The van der Waals surface area contributed by atoms with E-state index in [1.807, 2.05) is 58.0 Å². The molecule has 0 aliphatic heterocycles. The van der Waals surface area contributed by atoms with Crippen LogP contribution in [0.2, 0.25) is 0 Å². The van der Waals surface area contributed by atoms with E-state index in [2.05, 4.69) is 0 Å². The number of carbonyl (C=O) groups is 1. The van der Waals surface area contributed by atoms with Gasteiger partial charge in [-0.05, 0) is 33.3 Å². The summed E-state index contributed by atoms with van der Waals surface area (Å²) in [6.45, 7) is 7.42. The number of ether oxygens (including phenoxy) is 1. The second kappa shape index (κ2) is 5.96. The molecule has 1 aromatic rings. The lowest BCUT2D eigenvalue weighted by atomic mass is 10.1. The van der Waals surface area contributed by atoms with Gasteiger partial charge in [0.25, 0.3) is 0 Å². The predicted molar refractivity (Wildman–Crippen MR) is 76.6 cm³/mol. The number of benzene rings is 1. The third-order valence-corrected chi connectivity index (χ3v) is 2.64. The van der Waals surface area contributed by atoms with E-state index in [-0.39, 0.29) is 6.04 Å². The van der Waals surface area contributed by atoms with E-state index in [0.717, 1.165) is 5.56 Å². The zero-order valence-electron chi connectivity index (χ0n) is 11.2. The number of amides is 1. The van der Waals surface area contributed by atoms with Crippen molar-refractivity contribution in [2.75, 3.05) is 0 Å². The molecule has 0 spiro atoms. The average molecular weight is 265 g/mol. The third kappa shape index (κ3) is 4.11. The van der Waals surface area contributed by atoms with Crippen LogP contribution in [0, 0.1) is 0 Å². The Morgan fingerprint density at radius 3 is 2.33 bits per heavy atom. The van der Waals surface area contributed by atoms with E-state index in [1.54, 1.807) is 0 Å². The molecule has 0 heterocycles. The van der Waals surface area contributed by atoms with Crippen LogP contribution in [0.1, 0.15) is 39.3 Å². The maximum Gasteiger partial charge on any atom is 0.415 e. The van der Waals surface area contributed by atoms with Crippen molar-refractivity contribution < 1.29 is 9.53 Å². The molecule has 18 heavy (non-hydrogen) atoms. The van der Waals surface area contributed by atoms with Gasteiger partial charge in [-0.15, -0.1) is 0 Å². The molecule has 1 rings (SSSR count). The fourth-order valence-electron chi connectivity index (χ4n) is 1.50. The van der Waals surface area contributed by atoms with Gasteiger partial charge < -0.3 is 4.74 Å². The molecule has 0 bridgehead atoms. The summed E-state index contributed by atoms with van der Waals surface area (Å²) >= 11 is 4.92. The zero-order valence-corrected chi connectivity index (χ0v) is 12.0. The van der Waals surface area contributed by atoms with Gasteiger partial charge in [-0.2, -0.15) is 0 Å². The van der Waals surface area contributed by atoms with Crippen LogP contribution < -0.4 is 0 Å². The molecule has 0 saturated heterocycles. The van der Waals surface area contributed by atoms with Crippen LogP contribution in [0.5, 0.6) is 0 Å². The standard InChI is InChI=1S/C14H19NO2S/c1-11(12-8-6-5-7-9-12)15(10-18)13(16)17-14(2,3)4/h5-11H,1-4H3/t11-/m1/s1. The van der Waals surface area contributed by atoms with Gasteiger partial charge >= 0.3 is 6.09 Å². The SMILES string of the molecule is C[C@H](c1ccccc1)N(C=S)C(=O)OC(C)(C)C. The maximum absolute atomic E-state index is 12.0. The van der Waals surface area contributed by atoms with Crippen LogP contribution in [0.25, 0.3) is 0 Å². The summed E-state index contributed by atoms with van der Waals surface area (Å²) in [4.78, 5) is 13.4. The summed E-state index contributed by atoms with van der Waals surface area (Å²) < 4.78 is 5.32. The van der Waals surface area contributed by atoms with Crippen LogP contribution in [0.15, 0.2) is 30.3 Å². The largest absolute Gasteiger partial charge is 0.443 e. The van der Waals surface area contributed by atoms with Crippen molar-refractivity contribution in [2.24, 2.45) is 0 Å². The molecule has 0 aliphatic carbocycles. The van der Waals surface area contributed by atoms with E-state index in [9.17, 15) is 4.79 Å². The summed E-state index contributed by atoms with van der Waals surface area (Å²) in [7, 11) is 0. The molecule has 1 atom stereocenters. The number of nitrogens with zero attached hydrogens (tertiary/aromatic N) is 1. The molecule has 0 saturated carbocycles. The van der Waals surface area contributed by atoms with Gasteiger partial charge in [0.2, 0.25) is 0 Å². The third-order valence-electron chi connectivity index (χ3n) is 2.42. The Balaban J connectivity index is 2.84. The quantitative estimate of drug-likeness (QED) is 0.775. The highest BCUT2D eigenvalue weighted by Gasteiger charge is 2.25. The summed E-state index contributed by atoms with van der Waals surface area (Å²) in [6, 6.07) is 9.58. The van der Waals surface area contributed by atoms with Gasteiger partial charge in [-0.3, -0.25) is 4.90 Å². The molecule has 0 radical (unpaired) electrons. The first-order valence-electron chi connectivity index (χ1n) is 5.86. The van der Waals surface area contributed by atoms with Crippen molar-refractivity contribution in [3.63, 3.8) is 0 Å². The monoisotopic (exact) mass is 265 g/mol. The minimum Gasteiger partial charge on any atom is -0.443 e. The molecule has 1 amide bonds. The van der Waals surface area contributed by atoms with Gasteiger partial charge in [0.15, 0.2) is 0 Å². The summed E-state index contributed by atoms with van der Waals surface area (Å²) in [5.74, 6) is 0. The first-order valence-corrected chi connectivity index (χ1v) is 6.34. The van der Waals surface area contributed by atoms with E-state index in [1.165, 1.54) is 10.4 Å². The highest BCUT2D eigenvalue weighted by Crippen LogP contribution is 2.21. The van der Waals surface area contributed by atoms with Crippen LogP contribution in [0.3, 0.4) is 0 Å². The normalized spacial score (nSPS) is 12.7. The van der Waals surface area contributed by atoms with E-state index in [0.29, 0.717) is 0 Å². The number of carbonyl (C=O) groups excluding carboxylic acids is 1. The van der Waals surface area contributed by atoms with Gasteiger partial charge in [0.1, 0.15) is 5.60 Å². The number of thiocarbonyl (C=S) groups is 1. The molecule has 3 nitrogen and oxygen atoms in total. The summed E-state index contributed by atoms with van der Waals surface area (Å²) in [5.41, 5.74) is 1.83. The van der Waals surface area contributed by atoms with E-state index >= 15 is 0 Å². The fraction of sp³-hybridized carbons (Fsp3) is 0.429. The highest BCUT2D eigenvalue weighted by atomic mass is 32.1. The van der Waals surface area contributed by atoms with Crippen molar-refractivity contribution >= 4 is 23.8 Å². The minimum atomic E-state index is -0.524. The first kappa shape index (κ1) is 14.6. The summed E-state index contributed by atoms with van der Waals surface area (Å²) in [6.07, 6.45) is -0.422. The Hall–Kier alpha value is -1.42. The van der Waals surface area contributed by atoms with Crippen molar-refractivity contribution in [1.82, 2.24) is 4.90 Å². The second-order valence-corrected chi connectivity index (χ2v) is 5.29. The molecule has 0 fully saturated rings. The van der Waals surface area contributed by atoms with Crippen molar-refractivity contribution in [2.45, 2.75) is 39.3 Å². The Bertz CT molecular complexity index is 412. The van der Waals surface area contributed by atoms with Crippen LogP contribution in [-0.4, -0.2) is 22.1 Å². The average Bonchev–Trinajstić information content (AvgIpc) is 2.28. The lowest BCUT2D eigenvalue weighted by Gasteiger charge is -2.28. The van der Waals surface area contributed by atoms with Crippen LogP contribution >= 0.6 is 12.2 Å².